The summed E-state index contributed by atoms with van der Waals surface area (Å²) >= 11 is 0. The zero-order valence-corrected chi connectivity index (χ0v) is 26.1. The molecule has 0 aliphatic heterocycles. The molecular weight excluding hydrogens is 595 g/mol. The standard InChI is InChI=1S/C39H35FN2O5/c1-41-38(44)35-32-22-31(26-9-5-10-28(20-26)37(43)42-33-19-23-17-29(33)18-23)27(11-6-16-46-39(45)25-7-3-2-4-8-25)21-34(32)47-36(35)24-12-14-30(40)15-13-24/h2-5,7-10,12-15,20-23,29,33H,6,11,16-19H2,1H3,(H,41,44)(H,42,43). The minimum atomic E-state index is -0.391. The number of amides is 2. The van der Waals surface area contributed by atoms with Crippen molar-refractivity contribution in [1.82, 2.24) is 10.6 Å². The van der Waals surface area contributed by atoms with Crippen molar-refractivity contribution in [3.8, 4) is 22.5 Å². The number of esters is 1. The van der Waals surface area contributed by atoms with Gasteiger partial charge in [-0.2, -0.15) is 0 Å². The summed E-state index contributed by atoms with van der Waals surface area (Å²) in [6.07, 6.45) is 4.53. The van der Waals surface area contributed by atoms with E-state index in [9.17, 15) is 18.8 Å². The molecule has 0 radical (unpaired) electrons. The molecule has 3 saturated carbocycles. The molecule has 8 rings (SSSR count). The highest BCUT2D eigenvalue weighted by Crippen LogP contribution is 2.48. The highest BCUT2D eigenvalue weighted by molar-refractivity contribution is 6.12. The molecule has 238 valence electrons. The van der Waals surface area contributed by atoms with Gasteiger partial charge in [0, 0.05) is 29.6 Å². The Morgan fingerprint density at radius 3 is 2.34 bits per heavy atom. The first kappa shape index (κ1) is 30.4. The molecule has 7 nitrogen and oxygen atoms in total. The van der Waals surface area contributed by atoms with Gasteiger partial charge in [-0.25, -0.2) is 9.18 Å². The minimum absolute atomic E-state index is 0.0900. The van der Waals surface area contributed by atoms with Crippen LogP contribution >= 0.6 is 0 Å². The molecule has 0 saturated heterocycles. The van der Waals surface area contributed by atoms with Gasteiger partial charge >= 0.3 is 5.97 Å². The predicted octanol–water partition coefficient (Wildman–Crippen LogP) is 7.58. The second kappa shape index (κ2) is 12.9. The summed E-state index contributed by atoms with van der Waals surface area (Å²) in [4.78, 5) is 39.1. The number of halogens is 1. The molecule has 2 bridgehead atoms. The van der Waals surface area contributed by atoms with Crippen LogP contribution in [0.25, 0.3) is 33.4 Å². The second-order valence-corrected chi connectivity index (χ2v) is 12.5. The van der Waals surface area contributed by atoms with Gasteiger partial charge in [-0.15, -0.1) is 0 Å². The van der Waals surface area contributed by atoms with Crippen LogP contribution in [0.3, 0.4) is 0 Å². The summed E-state index contributed by atoms with van der Waals surface area (Å²) < 4.78 is 25.6. The van der Waals surface area contributed by atoms with Crippen molar-refractivity contribution >= 4 is 28.8 Å². The Morgan fingerprint density at radius 1 is 0.851 bits per heavy atom. The first-order valence-corrected chi connectivity index (χ1v) is 16.1. The SMILES string of the molecule is CNC(=O)c1c(-c2ccc(F)cc2)oc2cc(CCCOC(=O)c3ccccc3)c(-c3cccc(C(=O)NC4CC5CC4C5)c3)cc12. The lowest BCUT2D eigenvalue weighted by atomic mass is 9.84. The third-order valence-corrected chi connectivity index (χ3v) is 9.49. The van der Waals surface area contributed by atoms with Crippen LogP contribution in [0.4, 0.5) is 4.39 Å². The Kier molecular flexibility index (Phi) is 8.33. The number of aryl methyl sites for hydroxylation is 1. The monoisotopic (exact) mass is 630 g/mol. The number of fused-ring (bicyclic) bond motifs is 2. The average molecular weight is 631 g/mol. The molecule has 3 fully saturated rings. The van der Waals surface area contributed by atoms with Gasteiger partial charge in [-0.05, 0) is 121 Å². The van der Waals surface area contributed by atoms with E-state index in [1.165, 1.54) is 25.0 Å². The van der Waals surface area contributed by atoms with Gasteiger partial charge in [0.1, 0.15) is 17.2 Å². The molecule has 8 heteroatoms. The maximum Gasteiger partial charge on any atom is 0.338 e. The Balaban J connectivity index is 1.24. The van der Waals surface area contributed by atoms with Crippen LogP contribution < -0.4 is 10.6 Å². The number of furan rings is 1. The van der Waals surface area contributed by atoms with Crippen molar-refractivity contribution in [3.05, 3.63) is 119 Å². The normalized spacial score (nSPS) is 18.0. The zero-order chi connectivity index (χ0) is 32.5. The van der Waals surface area contributed by atoms with E-state index in [0.717, 1.165) is 29.0 Å². The first-order valence-electron chi connectivity index (χ1n) is 16.1. The van der Waals surface area contributed by atoms with Gasteiger partial charge in [0.2, 0.25) is 0 Å². The molecule has 1 unspecified atom stereocenters. The Labute approximate surface area is 272 Å². The lowest BCUT2D eigenvalue weighted by Crippen LogP contribution is -2.36. The summed E-state index contributed by atoms with van der Waals surface area (Å²) in [5, 5.41) is 6.56. The van der Waals surface area contributed by atoms with Crippen molar-refractivity contribution in [3.63, 3.8) is 0 Å². The third-order valence-electron chi connectivity index (χ3n) is 9.49. The summed E-state index contributed by atoms with van der Waals surface area (Å²) in [7, 11) is 1.55. The summed E-state index contributed by atoms with van der Waals surface area (Å²) in [5.41, 5.74) is 5.03. The van der Waals surface area contributed by atoms with Gasteiger partial charge in [0.25, 0.3) is 11.8 Å². The fourth-order valence-corrected chi connectivity index (χ4v) is 7.02. The van der Waals surface area contributed by atoms with E-state index in [0.29, 0.717) is 57.7 Å². The number of carbonyl (C=O) groups is 3. The van der Waals surface area contributed by atoms with Crippen molar-refractivity contribution < 1.29 is 27.9 Å². The molecular formula is C39H35FN2O5. The van der Waals surface area contributed by atoms with Crippen LogP contribution in [0, 0.1) is 17.7 Å². The van der Waals surface area contributed by atoms with E-state index >= 15 is 0 Å². The zero-order valence-electron chi connectivity index (χ0n) is 26.1. The van der Waals surface area contributed by atoms with Gasteiger partial charge in [0.15, 0.2) is 0 Å². The molecule has 0 spiro atoms. The molecule has 4 aromatic carbocycles. The topological polar surface area (TPSA) is 97.6 Å². The van der Waals surface area contributed by atoms with Crippen molar-refractivity contribution in [2.75, 3.05) is 13.7 Å². The van der Waals surface area contributed by atoms with Gasteiger partial charge in [-0.3, -0.25) is 9.59 Å². The van der Waals surface area contributed by atoms with Gasteiger partial charge < -0.3 is 19.8 Å². The smallest absolute Gasteiger partial charge is 0.338 e. The van der Waals surface area contributed by atoms with Crippen LogP contribution in [0.2, 0.25) is 0 Å². The molecule has 3 aliphatic carbocycles. The second-order valence-electron chi connectivity index (χ2n) is 12.5. The molecule has 3 aliphatic rings. The molecule has 2 amide bonds. The Morgan fingerprint density at radius 2 is 1.62 bits per heavy atom. The Hall–Kier alpha value is -5.24. The maximum absolute atomic E-state index is 13.8. The van der Waals surface area contributed by atoms with E-state index < -0.39 is 5.82 Å². The predicted molar refractivity (Wildman–Crippen MR) is 178 cm³/mol. The van der Waals surface area contributed by atoms with Crippen molar-refractivity contribution in [1.29, 1.82) is 0 Å². The highest BCUT2D eigenvalue weighted by atomic mass is 19.1. The quantitative estimate of drug-likeness (QED) is 0.122. The summed E-state index contributed by atoms with van der Waals surface area (Å²) in [6.45, 7) is 0.208. The number of carbonyl (C=O) groups excluding carboxylic acids is 3. The van der Waals surface area contributed by atoms with Crippen LogP contribution in [0.1, 0.15) is 62.3 Å². The fourth-order valence-electron chi connectivity index (χ4n) is 7.02. The van der Waals surface area contributed by atoms with Gasteiger partial charge in [0.05, 0.1) is 17.7 Å². The molecule has 1 aromatic heterocycles. The highest BCUT2D eigenvalue weighted by Gasteiger charge is 2.44. The van der Waals surface area contributed by atoms with E-state index in [-0.39, 0.29) is 30.4 Å². The number of benzene rings is 4. The lowest BCUT2D eigenvalue weighted by Gasteiger charge is -2.24. The maximum atomic E-state index is 13.8. The fraction of sp³-hybridized carbons (Fsp3) is 0.256. The van der Waals surface area contributed by atoms with Gasteiger partial charge in [-0.1, -0.05) is 30.3 Å². The number of hydrogen-bond acceptors (Lipinski definition) is 5. The number of hydrogen-bond donors (Lipinski definition) is 2. The Bertz CT molecular complexity index is 1960. The van der Waals surface area contributed by atoms with Crippen LogP contribution in [0.5, 0.6) is 0 Å². The summed E-state index contributed by atoms with van der Waals surface area (Å²) in [6, 6.07) is 26.3. The van der Waals surface area contributed by atoms with Crippen LogP contribution in [-0.4, -0.2) is 37.5 Å². The average Bonchev–Trinajstić information content (AvgIpc) is 3.78. The van der Waals surface area contributed by atoms with E-state index in [2.05, 4.69) is 10.6 Å². The molecule has 5 aromatic rings. The first-order chi connectivity index (χ1) is 22.9. The van der Waals surface area contributed by atoms with Crippen molar-refractivity contribution in [2.24, 2.45) is 11.8 Å². The van der Waals surface area contributed by atoms with E-state index in [1.807, 2.05) is 42.5 Å². The summed E-state index contributed by atoms with van der Waals surface area (Å²) in [5.74, 6) is 0.453. The largest absolute Gasteiger partial charge is 0.462 e. The van der Waals surface area contributed by atoms with Crippen LogP contribution in [0.15, 0.2) is 95.4 Å². The number of ether oxygens (including phenoxy) is 1. The molecule has 1 heterocycles. The minimum Gasteiger partial charge on any atom is -0.462 e. The number of nitrogens with one attached hydrogen (secondary N) is 2. The molecule has 2 N–H and O–H groups in total. The van der Waals surface area contributed by atoms with Crippen LogP contribution in [-0.2, 0) is 11.2 Å². The van der Waals surface area contributed by atoms with E-state index in [4.69, 9.17) is 9.15 Å². The van der Waals surface area contributed by atoms with Crippen molar-refractivity contribution in [2.45, 2.75) is 38.1 Å². The lowest BCUT2D eigenvalue weighted by molar-refractivity contribution is 0.0500. The number of rotatable bonds is 10. The molecule has 1 atom stereocenters. The molecule has 47 heavy (non-hydrogen) atoms. The van der Waals surface area contributed by atoms with E-state index in [1.54, 1.807) is 43.4 Å². The third kappa shape index (κ3) is 6.15.